The molecule has 1 amide bonds. The van der Waals surface area contributed by atoms with E-state index in [0.717, 1.165) is 0 Å². The molecule has 0 aromatic heterocycles. The second kappa shape index (κ2) is 8.80. The van der Waals surface area contributed by atoms with Gasteiger partial charge in [-0.15, -0.1) is 0 Å². The lowest BCUT2D eigenvalue weighted by Gasteiger charge is -2.17. The number of hydrogen-bond donors (Lipinski definition) is 1. The van der Waals surface area contributed by atoms with Crippen LogP contribution in [0.4, 0.5) is 5.69 Å². The quantitative estimate of drug-likeness (QED) is 0.535. The molecule has 0 saturated heterocycles. The zero-order valence-corrected chi connectivity index (χ0v) is 16.0. The largest absolute Gasteiger partial charge is 0.479 e. The molecule has 0 radical (unpaired) electrons. The number of ether oxygens (including phenoxy) is 2. The van der Waals surface area contributed by atoms with E-state index in [1.807, 2.05) is 42.5 Å². The van der Waals surface area contributed by atoms with Gasteiger partial charge in [-0.2, -0.15) is 0 Å². The number of rotatable bonds is 6. The Kier molecular flexibility index (Phi) is 6.22. The molecule has 138 valence electrons. The van der Waals surface area contributed by atoms with Gasteiger partial charge in [0.15, 0.2) is 11.9 Å². The summed E-state index contributed by atoms with van der Waals surface area (Å²) in [5.41, 5.74) is 0.545. The van der Waals surface area contributed by atoms with Crippen LogP contribution in [-0.4, -0.2) is 12.0 Å². The third-order valence-electron chi connectivity index (χ3n) is 3.68. The number of carbonyl (C=O) groups is 1. The van der Waals surface area contributed by atoms with Crippen LogP contribution >= 0.6 is 23.2 Å². The fourth-order valence-corrected chi connectivity index (χ4v) is 2.78. The molecule has 0 saturated carbocycles. The number of hydrogen-bond acceptors (Lipinski definition) is 3. The van der Waals surface area contributed by atoms with Crippen molar-refractivity contribution < 1.29 is 14.3 Å². The van der Waals surface area contributed by atoms with Crippen molar-refractivity contribution in [3.05, 3.63) is 82.8 Å². The second-order valence-electron chi connectivity index (χ2n) is 5.74. The maximum atomic E-state index is 12.5. The summed E-state index contributed by atoms with van der Waals surface area (Å²) in [5, 5.41) is 3.66. The van der Waals surface area contributed by atoms with Crippen LogP contribution in [0, 0.1) is 0 Å². The first-order valence-corrected chi connectivity index (χ1v) is 9.03. The van der Waals surface area contributed by atoms with Crippen molar-refractivity contribution >= 4 is 34.8 Å². The molecule has 1 N–H and O–H groups in total. The SMILES string of the molecule is CC(Oc1ccc(Cl)cc1Cl)C(=O)Nc1ccccc1Oc1ccccc1. The zero-order valence-electron chi connectivity index (χ0n) is 14.5. The van der Waals surface area contributed by atoms with Crippen LogP contribution in [-0.2, 0) is 4.79 Å². The fraction of sp³-hybridized carbons (Fsp3) is 0.0952. The van der Waals surface area contributed by atoms with E-state index in [0.29, 0.717) is 33.0 Å². The van der Waals surface area contributed by atoms with Gasteiger partial charge in [-0.1, -0.05) is 53.5 Å². The molecule has 27 heavy (non-hydrogen) atoms. The molecule has 0 aliphatic carbocycles. The number of benzene rings is 3. The molecular weight excluding hydrogens is 385 g/mol. The van der Waals surface area contributed by atoms with Gasteiger partial charge < -0.3 is 14.8 Å². The number of halogens is 2. The van der Waals surface area contributed by atoms with Crippen LogP contribution < -0.4 is 14.8 Å². The van der Waals surface area contributed by atoms with Crippen LogP contribution in [0.2, 0.25) is 10.0 Å². The van der Waals surface area contributed by atoms with Gasteiger partial charge in [0.1, 0.15) is 11.5 Å². The summed E-state index contributed by atoms with van der Waals surface area (Å²) in [6, 6.07) is 21.4. The highest BCUT2D eigenvalue weighted by atomic mass is 35.5. The molecule has 0 heterocycles. The van der Waals surface area contributed by atoms with Gasteiger partial charge in [-0.3, -0.25) is 4.79 Å². The van der Waals surface area contributed by atoms with E-state index in [1.165, 1.54) is 0 Å². The van der Waals surface area contributed by atoms with Gasteiger partial charge in [0, 0.05) is 5.02 Å². The fourth-order valence-electron chi connectivity index (χ4n) is 2.32. The topological polar surface area (TPSA) is 47.6 Å². The third kappa shape index (κ3) is 5.16. The molecule has 3 aromatic carbocycles. The summed E-state index contributed by atoms with van der Waals surface area (Å²) in [7, 11) is 0. The second-order valence-corrected chi connectivity index (χ2v) is 6.58. The number of para-hydroxylation sites is 3. The molecular formula is C21H17Cl2NO3. The van der Waals surface area contributed by atoms with E-state index in [2.05, 4.69) is 5.32 Å². The lowest BCUT2D eigenvalue weighted by molar-refractivity contribution is -0.122. The van der Waals surface area contributed by atoms with Crippen LogP contribution in [0.1, 0.15) is 6.92 Å². The van der Waals surface area contributed by atoms with E-state index in [4.69, 9.17) is 32.7 Å². The molecule has 0 spiro atoms. The molecule has 3 aromatic rings. The zero-order chi connectivity index (χ0) is 19.2. The lowest BCUT2D eigenvalue weighted by atomic mass is 10.2. The Balaban J connectivity index is 1.70. The normalized spacial score (nSPS) is 11.5. The minimum Gasteiger partial charge on any atom is -0.479 e. The lowest BCUT2D eigenvalue weighted by Crippen LogP contribution is -2.30. The van der Waals surface area contributed by atoms with Gasteiger partial charge in [0.2, 0.25) is 0 Å². The van der Waals surface area contributed by atoms with Crippen molar-refractivity contribution in [1.29, 1.82) is 0 Å². The Morgan fingerprint density at radius 3 is 2.37 bits per heavy atom. The smallest absolute Gasteiger partial charge is 0.265 e. The Bertz CT molecular complexity index is 932. The maximum Gasteiger partial charge on any atom is 0.265 e. The number of carbonyl (C=O) groups excluding carboxylic acids is 1. The molecule has 1 unspecified atom stereocenters. The van der Waals surface area contributed by atoms with E-state index in [1.54, 1.807) is 37.3 Å². The summed E-state index contributed by atoms with van der Waals surface area (Å²) in [6.07, 6.45) is -0.770. The highest BCUT2D eigenvalue weighted by Gasteiger charge is 2.18. The van der Waals surface area contributed by atoms with Crippen LogP contribution in [0.25, 0.3) is 0 Å². The van der Waals surface area contributed by atoms with Crippen molar-refractivity contribution in [2.45, 2.75) is 13.0 Å². The summed E-state index contributed by atoms with van der Waals surface area (Å²) in [6.45, 7) is 1.64. The number of amides is 1. The van der Waals surface area contributed by atoms with Gasteiger partial charge >= 0.3 is 0 Å². The average molecular weight is 402 g/mol. The first-order chi connectivity index (χ1) is 13.0. The maximum absolute atomic E-state index is 12.5. The van der Waals surface area contributed by atoms with Crippen molar-refractivity contribution in [3.8, 4) is 17.2 Å². The van der Waals surface area contributed by atoms with E-state index >= 15 is 0 Å². The van der Waals surface area contributed by atoms with Gasteiger partial charge in [0.05, 0.1) is 10.7 Å². The van der Waals surface area contributed by atoms with Crippen molar-refractivity contribution in [2.75, 3.05) is 5.32 Å². The monoisotopic (exact) mass is 401 g/mol. The van der Waals surface area contributed by atoms with Crippen LogP contribution in [0.5, 0.6) is 17.2 Å². The minimum atomic E-state index is -0.770. The molecule has 4 nitrogen and oxygen atoms in total. The van der Waals surface area contributed by atoms with Crippen LogP contribution in [0.3, 0.4) is 0 Å². The molecule has 0 fully saturated rings. The summed E-state index contributed by atoms with van der Waals surface area (Å²) < 4.78 is 11.5. The van der Waals surface area contributed by atoms with Gasteiger partial charge in [-0.05, 0) is 49.4 Å². The van der Waals surface area contributed by atoms with Crippen LogP contribution in [0.15, 0.2) is 72.8 Å². The molecule has 6 heteroatoms. The van der Waals surface area contributed by atoms with E-state index in [9.17, 15) is 4.79 Å². The molecule has 0 aliphatic rings. The Morgan fingerprint density at radius 2 is 1.63 bits per heavy atom. The molecule has 3 rings (SSSR count). The first-order valence-electron chi connectivity index (χ1n) is 8.27. The summed E-state index contributed by atoms with van der Waals surface area (Å²) in [4.78, 5) is 12.5. The molecule has 0 bridgehead atoms. The first kappa shape index (κ1) is 19.1. The standard InChI is InChI=1S/C21H17Cl2NO3/c1-14(26-19-12-11-15(22)13-17(19)23)21(25)24-18-9-5-6-10-20(18)27-16-7-3-2-4-8-16/h2-14H,1H3,(H,24,25). The predicted molar refractivity (Wildman–Crippen MR) is 108 cm³/mol. The number of nitrogens with one attached hydrogen (secondary N) is 1. The Morgan fingerprint density at radius 1 is 0.926 bits per heavy atom. The van der Waals surface area contributed by atoms with Gasteiger partial charge in [0.25, 0.3) is 5.91 Å². The highest BCUT2D eigenvalue weighted by Crippen LogP contribution is 2.30. The van der Waals surface area contributed by atoms with E-state index < -0.39 is 6.10 Å². The minimum absolute atomic E-state index is 0.329. The molecule has 0 aliphatic heterocycles. The summed E-state index contributed by atoms with van der Waals surface area (Å²) >= 11 is 12.0. The van der Waals surface area contributed by atoms with Crippen molar-refractivity contribution in [2.24, 2.45) is 0 Å². The Labute approximate surface area is 167 Å². The van der Waals surface area contributed by atoms with Crippen molar-refractivity contribution in [3.63, 3.8) is 0 Å². The average Bonchev–Trinajstić information content (AvgIpc) is 2.66. The predicted octanol–water partition coefficient (Wildman–Crippen LogP) is 6.19. The molecule has 1 atom stereocenters. The third-order valence-corrected chi connectivity index (χ3v) is 4.21. The summed E-state index contributed by atoms with van der Waals surface area (Å²) in [5.74, 6) is 1.27. The van der Waals surface area contributed by atoms with Gasteiger partial charge in [-0.25, -0.2) is 0 Å². The highest BCUT2D eigenvalue weighted by molar-refractivity contribution is 6.35. The van der Waals surface area contributed by atoms with E-state index in [-0.39, 0.29) is 5.91 Å². The number of anilines is 1. The Hall–Kier alpha value is -2.69. The van der Waals surface area contributed by atoms with Crippen molar-refractivity contribution in [1.82, 2.24) is 0 Å².